The van der Waals surface area contributed by atoms with Gasteiger partial charge in [-0.1, -0.05) is 34.8 Å². The second-order valence-electron chi connectivity index (χ2n) is 8.05. The van der Waals surface area contributed by atoms with E-state index in [1.54, 1.807) is 18.5 Å². The highest BCUT2D eigenvalue weighted by atomic mass is 35.5. The third-order valence-electron chi connectivity index (χ3n) is 6.24. The van der Waals surface area contributed by atoms with Crippen molar-refractivity contribution in [1.82, 2.24) is 19.5 Å². The molecule has 2 aliphatic rings. The van der Waals surface area contributed by atoms with Crippen molar-refractivity contribution in [2.24, 2.45) is 17.6 Å². The van der Waals surface area contributed by atoms with Gasteiger partial charge in [-0.25, -0.2) is 15.0 Å². The molecule has 6 rings (SSSR count). The number of hydrogen-bond acceptors (Lipinski definition) is 5. The summed E-state index contributed by atoms with van der Waals surface area (Å²) in [6.07, 6.45) is 1.59. The first-order valence-corrected chi connectivity index (χ1v) is 11.1. The average Bonchev–Trinajstić information content (AvgIpc) is 3.12. The van der Waals surface area contributed by atoms with Crippen LogP contribution >= 0.6 is 34.8 Å². The van der Waals surface area contributed by atoms with Gasteiger partial charge in [-0.15, -0.1) is 0 Å². The van der Waals surface area contributed by atoms with Gasteiger partial charge in [0.25, 0.3) is 0 Å². The van der Waals surface area contributed by atoms with E-state index < -0.39 is 0 Å². The van der Waals surface area contributed by atoms with Gasteiger partial charge in [-0.2, -0.15) is 0 Å². The molecule has 156 valence electrons. The molecule has 4 aromatic rings. The lowest BCUT2D eigenvalue weighted by atomic mass is 10.2. The fraction of sp³-hybridized carbons (Fsp3) is 0.227. The number of piperidine rings is 1. The van der Waals surface area contributed by atoms with Crippen LogP contribution in [0.3, 0.4) is 0 Å². The number of hydrogen-bond donors (Lipinski definition) is 1. The van der Waals surface area contributed by atoms with Crippen LogP contribution in [0.25, 0.3) is 28.2 Å². The zero-order chi connectivity index (χ0) is 21.3. The maximum absolute atomic E-state index is 6.56. The first kappa shape index (κ1) is 19.3. The third kappa shape index (κ3) is 3.09. The van der Waals surface area contributed by atoms with Crippen LogP contribution in [-0.2, 0) is 0 Å². The molecular weight excluding hydrogens is 455 g/mol. The summed E-state index contributed by atoms with van der Waals surface area (Å²) in [4.78, 5) is 16.4. The Kier molecular flexibility index (Phi) is 4.40. The summed E-state index contributed by atoms with van der Waals surface area (Å²) in [6, 6.07) is 13.2. The summed E-state index contributed by atoms with van der Waals surface area (Å²) in [7, 11) is 0. The van der Waals surface area contributed by atoms with E-state index in [1.807, 2.05) is 34.9 Å². The highest BCUT2D eigenvalue weighted by molar-refractivity contribution is 6.36. The number of aromatic nitrogens is 4. The number of imidazole rings is 1. The van der Waals surface area contributed by atoms with Crippen LogP contribution in [-0.4, -0.2) is 38.7 Å². The van der Waals surface area contributed by atoms with Gasteiger partial charge >= 0.3 is 0 Å². The quantitative estimate of drug-likeness (QED) is 0.463. The number of fused-ring (bicyclic) bond motifs is 2. The van der Waals surface area contributed by atoms with Crippen molar-refractivity contribution in [2.75, 3.05) is 18.0 Å². The lowest BCUT2D eigenvalue weighted by Gasteiger charge is -2.20. The molecule has 1 aliphatic carbocycles. The van der Waals surface area contributed by atoms with Crippen LogP contribution in [0, 0.1) is 11.8 Å². The molecule has 1 saturated heterocycles. The Labute approximate surface area is 193 Å². The van der Waals surface area contributed by atoms with Crippen LogP contribution in [0.5, 0.6) is 0 Å². The van der Waals surface area contributed by atoms with Crippen molar-refractivity contribution in [2.45, 2.75) is 6.04 Å². The molecule has 2 aromatic carbocycles. The van der Waals surface area contributed by atoms with Crippen LogP contribution in [0.2, 0.25) is 15.1 Å². The van der Waals surface area contributed by atoms with Crippen molar-refractivity contribution in [3.8, 4) is 17.1 Å². The van der Waals surface area contributed by atoms with Gasteiger partial charge in [-0.05, 0) is 54.3 Å². The standard InChI is InChI=1S/C22H17Cl3N6/c23-11-1-4-13(5-2-11)31-20(14-6-3-12(24)7-17(14)25)29-19-21(27-10-28-22(19)31)30-8-15-16(9-30)18(15)26/h1-7,10,15-16,18H,8-9,26H2/t15-,16+,18?. The molecule has 0 radical (unpaired) electrons. The van der Waals surface area contributed by atoms with Crippen molar-refractivity contribution in [3.05, 3.63) is 63.9 Å². The number of halogens is 3. The summed E-state index contributed by atoms with van der Waals surface area (Å²) in [5.41, 5.74) is 9.21. The summed E-state index contributed by atoms with van der Waals surface area (Å²) >= 11 is 18.8. The normalized spacial score (nSPS) is 22.2. The van der Waals surface area contributed by atoms with Crippen LogP contribution in [0.4, 0.5) is 5.82 Å². The minimum absolute atomic E-state index is 0.309. The topological polar surface area (TPSA) is 72.9 Å². The van der Waals surface area contributed by atoms with E-state index >= 15 is 0 Å². The second-order valence-corrected chi connectivity index (χ2v) is 9.33. The van der Waals surface area contributed by atoms with Gasteiger partial charge in [0, 0.05) is 40.4 Å². The molecule has 2 fully saturated rings. The Morgan fingerprint density at radius 3 is 2.32 bits per heavy atom. The molecule has 1 unspecified atom stereocenters. The number of rotatable bonds is 3. The van der Waals surface area contributed by atoms with Crippen LogP contribution < -0.4 is 10.6 Å². The van der Waals surface area contributed by atoms with Crippen molar-refractivity contribution < 1.29 is 0 Å². The van der Waals surface area contributed by atoms with E-state index in [0.29, 0.717) is 44.4 Å². The zero-order valence-corrected chi connectivity index (χ0v) is 18.5. The number of nitrogens with zero attached hydrogens (tertiary/aromatic N) is 5. The average molecular weight is 472 g/mol. The molecular formula is C22H17Cl3N6. The molecule has 0 bridgehead atoms. The van der Waals surface area contributed by atoms with E-state index in [1.165, 1.54) is 0 Å². The molecule has 2 N–H and O–H groups in total. The molecule has 0 spiro atoms. The largest absolute Gasteiger partial charge is 0.354 e. The predicted molar refractivity (Wildman–Crippen MR) is 124 cm³/mol. The Balaban J connectivity index is 1.58. The number of nitrogens with two attached hydrogens (primary N) is 1. The monoisotopic (exact) mass is 470 g/mol. The molecule has 0 amide bonds. The van der Waals surface area contributed by atoms with Gasteiger partial charge in [0.1, 0.15) is 12.2 Å². The predicted octanol–water partition coefficient (Wildman–Crippen LogP) is 4.84. The van der Waals surface area contributed by atoms with E-state index in [2.05, 4.69) is 14.9 Å². The summed E-state index contributed by atoms with van der Waals surface area (Å²) < 4.78 is 1.98. The minimum Gasteiger partial charge on any atom is -0.354 e. The molecule has 3 heterocycles. The van der Waals surface area contributed by atoms with Crippen LogP contribution in [0.15, 0.2) is 48.8 Å². The van der Waals surface area contributed by atoms with E-state index in [4.69, 9.17) is 45.5 Å². The summed E-state index contributed by atoms with van der Waals surface area (Å²) in [6.45, 7) is 1.78. The van der Waals surface area contributed by atoms with Gasteiger partial charge < -0.3 is 10.6 Å². The maximum Gasteiger partial charge on any atom is 0.170 e. The van der Waals surface area contributed by atoms with E-state index in [9.17, 15) is 0 Å². The van der Waals surface area contributed by atoms with Crippen LogP contribution in [0.1, 0.15) is 0 Å². The Morgan fingerprint density at radius 1 is 0.903 bits per heavy atom. The minimum atomic E-state index is 0.309. The first-order chi connectivity index (χ1) is 15.0. The Morgan fingerprint density at radius 2 is 1.61 bits per heavy atom. The highest BCUT2D eigenvalue weighted by Gasteiger charge is 2.54. The molecule has 1 saturated carbocycles. The Bertz CT molecular complexity index is 1310. The molecule has 31 heavy (non-hydrogen) atoms. The smallest absolute Gasteiger partial charge is 0.170 e. The van der Waals surface area contributed by atoms with Crippen molar-refractivity contribution in [3.63, 3.8) is 0 Å². The summed E-state index contributed by atoms with van der Waals surface area (Å²) in [5.74, 6) is 2.56. The van der Waals surface area contributed by atoms with Crippen molar-refractivity contribution in [1.29, 1.82) is 0 Å². The molecule has 2 aromatic heterocycles. The third-order valence-corrected chi connectivity index (χ3v) is 7.04. The van der Waals surface area contributed by atoms with Gasteiger partial charge in [0.05, 0.1) is 5.02 Å². The van der Waals surface area contributed by atoms with E-state index in [0.717, 1.165) is 35.7 Å². The lowest BCUT2D eigenvalue weighted by molar-refractivity contribution is 0.736. The first-order valence-electron chi connectivity index (χ1n) is 9.96. The highest BCUT2D eigenvalue weighted by Crippen LogP contribution is 2.46. The maximum atomic E-state index is 6.56. The summed E-state index contributed by atoms with van der Waals surface area (Å²) in [5, 5.41) is 1.74. The van der Waals surface area contributed by atoms with Gasteiger partial charge in [0.2, 0.25) is 0 Å². The second kappa shape index (κ2) is 7.07. The fourth-order valence-electron chi connectivity index (χ4n) is 4.54. The van der Waals surface area contributed by atoms with Crippen molar-refractivity contribution >= 4 is 51.8 Å². The molecule has 1 aliphatic heterocycles. The molecule has 6 nitrogen and oxygen atoms in total. The zero-order valence-electron chi connectivity index (χ0n) is 16.2. The van der Waals surface area contributed by atoms with Gasteiger partial charge in [0.15, 0.2) is 17.0 Å². The molecule has 9 heteroatoms. The molecule has 3 atom stereocenters. The number of anilines is 1. The Hall–Kier alpha value is -2.38. The van der Waals surface area contributed by atoms with E-state index in [-0.39, 0.29) is 0 Å². The fourth-order valence-corrected chi connectivity index (χ4v) is 5.16. The SMILES string of the molecule is NC1[C@H]2CN(c3ncnc4c3nc(-c3ccc(Cl)cc3Cl)n4-c3ccc(Cl)cc3)C[C@@H]12. The number of benzene rings is 2. The van der Waals surface area contributed by atoms with Gasteiger partial charge in [-0.3, -0.25) is 4.57 Å². The lowest BCUT2D eigenvalue weighted by Crippen LogP contribution is -2.28.